The van der Waals surface area contributed by atoms with Crippen LogP contribution in [0.3, 0.4) is 0 Å². The summed E-state index contributed by atoms with van der Waals surface area (Å²) in [5, 5.41) is 29.7. The van der Waals surface area contributed by atoms with Gasteiger partial charge in [0.1, 0.15) is 17.2 Å². The van der Waals surface area contributed by atoms with E-state index in [4.69, 9.17) is 23.2 Å². The predicted molar refractivity (Wildman–Crippen MR) is 112 cm³/mol. The summed E-state index contributed by atoms with van der Waals surface area (Å²) in [4.78, 5) is 3.35. The summed E-state index contributed by atoms with van der Waals surface area (Å²) in [5.74, 6) is 0.333. The van der Waals surface area contributed by atoms with Gasteiger partial charge < -0.3 is 20.3 Å². The molecule has 28 heavy (non-hydrogen) atoms. The van der Waals surface area contributed by atoms with Crippen LogP contribution in [0.15, 0.2) is 66.7 Å². The second kappa shape index (κ2) is 7.15. The Morgan fingerprint density at radius 3 is 1.68 bits per heavy atom. The van der Waals surface area contributed by atoms with Crippen molar-refractivity contribution < 1.29 is 15.3 Å². The summed E-state index contributed by atoms with van der Waals surface area (Å²) in [6, 6.07) is 18.3. The van der Waals surface area contributed by atoms with Crippen LogP contribution in [0.5, 0.6) is 17.2 Å². The normalized spacial score (nSPS) is 10.9. The number of aromatic hydroxyl groups is 3. The van der Waals surface area contributed by atoms with E-state index in [-0.39, 0.29) is 17.2 Å². The van der Waals surface area contributed by atoms with Crippen LogP contribution in [0, 0.1) is 0 Å². The third-order valence-electron chi connectivity index (χ3n) is 4.46. The highest BCUT2D eigenvalue weighted by Crippen LogP contribution is 2.41. The summed E-state index contributed by atoms with van der Waals surface area (Å²) >= 11 is 12.7. The summed E-state index contributed by atoms with van der Waals surface area (Å²) in [6.07, 6.45) is 0. The molecule has 0 atom stereocenters. The fourth-order valence-corrected chi connectivity index (χ4v) is 3.66. The van der Waals surface area contributed by atoms with Crippen LogP contribution >= 0.6 is 23.2 Å². The van der Waals surface area contributed by atoms with Gasteiger partial charge in [-0.05, 0) is 60.2 Å². The molecule has 0 bridgehead atoms. The van der Waals surface area contributed by atoms with Gasteiger partial charge in [-0.25, -0.2) is 0 Å². The zero-order valence-electron chi connectivity index (χ0n) is 14.4. The lowest BCUT2D eigenvalue weighted by atomic mass is 10.0. The average Bonchev–Trinajstić information content (AvgIpc) is 3.07. The first-order valence-electron chi connectivity index (χ1n) is 8.42. The van der Waals surface area contributed by atoms with Gasteiger partial charge in [0.05, 0.1) is 15.7 Å². The van der Waals surface area contributed by atoms with Gasteiger partial charge in [0.25, 0.3) is 0 Å². The van der Waals surface area contributed by atoms with Gasteiger partial charge in [-0.15, -0.1) is 0 Å². The van der Waals surface area contributed by atoms with E-state index < -0.39 is 0 Å². The number of halogens is 2. The second-order valence-corrected chi connectivity index (χ2v) is 7.16. The van der Waals surface area contributed by atoms with Crippen LogP contribution in [0.2, 0.25) is 10.0 Å². The van der Waals surface area contributed by atoms with Crippen molar-refractivity contribution in [1.82, 2.24) is 4.98 Å². The second-order valence-electron chi connectivity index (χ2n) is 6.35. The highest BCUT2D eigenvalue weighted by Gasteiger charge is 2.17. The molecule has 0 amide bonds. The molecule has 0 aliphatic heterocycles. The predicted octanol–water partition coefficient (Wildman–Crippen LogP) is 6.44. The molecule has 4 nitrogen and oxygen atoms in total. The van der Waals surface area contributed by atoms with Crippen LogP contribution in [-0.4, -0.2) is 20.3 Å². The van der Waals surface area contributed by atoms with E-state index in [0.29, 0.717) is 15.6 Å². The van der Waals surface area contributed by atoms with Crippen molar-refractivity contribution in [1.29, 1.82) is 0 Å². The minimum atomic E-state index is 0.0771. The largest absolute Gasteiger partial charge is 0.508 e. The van der Waals surface area contributed by atoms with Crippen molar-refractivity contribution in [3.8, 4) is 50.9 Å². The first kappa shape index (κ1) is 18.3. The number of hydrogen-bond acceptors (Lipinski definition) is 3. The maximum atomic E-state index is 9.68. The molecule has 0 aliphatic carbocycles. The Hall–Kier alpha value is -3.08. The standard InChI is InChI=1S/C22H15Cl2NO3/c23-19-9-14(27)5-7-16(19)21-11-18(12-1-3-13(26)4-2-12)22(25-21)17-8-6-15(28)10-20(17)24/h1-11,25-28H. The van der Waals surface area contributed by atoms with Gasteiger partial charge in [-0.1, -0.05) is 35.3 Å². The van der Waals surface area contributed by atoms with Crippen molar-refractivity contribution in [2.45, 2.75) is 0 Å². The van der Waals surface area contributed by atoms with Crippen molar-refractivity contribution in [2.75, 3.05) is 0 Å². The monoisotopic (exact) mass is 411 g/mol. The summed E-state index contributed by atoms with van der Waals surface area (Å²) in [6.45, 7) is 0. The lowest BCUT2D eigenvalue weighted by molar-refractivity contribution is 0.475. The fourth-order valence-electron chi connectivity index (χ4n) is 3.11. The van der Waals surface area contributed by atoms with Gasteiger partial charge in [-0.2, -0.15) is 0 Å². The molecule has 0 aliphatic rings. The third kappa shape index (κ3) is 3.40. The number of H-pyrrole nitrogens is 1. The van der Waals surface area contributed by atoms with E-state index in [2.05, 4.69) is 4.98 Å². The smallest absolute Gasteiger partial charge is 0.117 e. The summed E-state index contributed by atoms with van der Waals surface area (Å²) < 4.78 is 0. The van der Waals surface area contributed by atoms with Crippen molar-refractivity contribution in [3.05, 3.63) is 76.8 Å². The molecule has 4 rings (SSSR count). The molecule has 1 heterocycles. The molecular formula is C22H15Cl2NO3. The minimum Gasteiger partial charge on any atom is -0.508 e. The number of aromatic amines is 1. The van der Waals surface area contributed by atoms with Crippen LogP contribution in [0.25, 0.3) is 33.6 Å². The van der Waals surface area contributed by atoms with Gasteiger partial charge in [0.15, 0.2) is 0 Å². The van der Waals surface area contributed by atoms with Crippen LogP contribution in [0.4, 0.5) is 0 Å². The highest BCUT2D eigenvalue weighted by molar-refractivity contribution is 6.34. The highest BCUT2D eigenvalue weighted by atomic mass is 35.5. The summed E-state index contributed by atoms with van der Waals surface area (Å²) in [7, 11) is 0. The zero-order valence-corrected chi connectivity index (χ0v) is 16.0. The molecule has 0 spiro atoms. The van der Waals surface area contributed by atoms with Gasteiger partial charge in [0.2, 0.25) is 0 Å². The maximum Gasteiger partial charge on any atom is 0.117 e. The number of hydrogen-bond donors (Lipinski definition) is 4. The van der Waals surface area contributed by atoms with E-state index >= 15 is 0 Å². The van der Waals surface area contributed by atoms with Gasteiger partial charge >= 0.3 is 0 Å². The van der Waals surface area contributed by atoms with Crippen LogP contribution in [0.1, 0.15) is 0 Å². The topological polar surface area (TPSA) is 76.5 Å². The molecule has 0 saturated heterocycles. The molecule has 4 aromatic rings. The average molecular weight is 412 g/mol. The van der Waals surface area contributed by atoms with E-state index in [9.17, 15) is 15.3 Å². The summed E-state index contributed by atoms with van der Waals surface area (Å²) in [5.41, 5.74) is 4.65. The number of phenols is 3. The Kier molecular flexibility index (Phi) is 4.67. The Balaban J connectivity index is 1.95. The Labute approximate surface area is 171 Å². The number of aromatic nitrogens is 1. The molecule has 3 aromatic carbocycles. The Bertz CT molecular complexity index is 1170. The van der Waals surface area contributed by atoms with E-state index in [1.54, 1.807) is 48.5 Å². The SMILES string of the molecule is Oc1ccc(-c2cc(-c3ccc(O)cc3Cl)[nH]c2-c2ccc(O)cc2Cl)cc1. The molecule has 0 radical (unpaired) electrons. The third-order valence-corrected chi connectivity index (χ3v) is 5.09. The number of nitrogens with one attached hydrogen (secondary N) is 1. The molecule has 140 valence electrons. The quantitative estimate of drug-likeness (QED) is 0.313. The molecular weight excluding hydrogens is 397 g/mol. The fraction of sp³-hybridized carbons (Fsp3) is 0. The number of benzene rings is 3. The first-order chi connectivity index (χ1) is 13.4. The molecule has 4 N–H and O–H groups in total. The molecule has 0 unspecified atom stereocenters. The Morgan fingerprint density at radius 1 is 0.571 bits per heavy atom. The zero-order chi connectivity index (χ0) is 19.8. The molecule has 6 heteroatoms. The van der Waals surface area contributed by atoms with Crippen molar-refractivity contribution >= 4 is 23.2 Å². The minimum absolute atomic E-state index is 0.0771. The van der Waals surface area contributed by atoms with Crippen LogP contribution < -0.4 is 0 Å². The van der Waals surface area contributed by atoms with Crippen molar-refractivity contribution in [3.63, 3.8) is 0 Å². The van der Waals surface area contributed by atoms with Gasteiger partial charge in [-0.3, -0.25) is 0 Å². The maximum absolute atomic E-state index is 9.68. The number of rotatable bonds is 3. The Morgan fingerprint density at radius 2 is 1.11 bits per heavy atom. The van der Waals surface area contributed by atoms with Gasteiger partial charge in [0, 0.05) is 22.4 Å². The first-order valence-corrected chi connectivity index (χ1v) is 9.18. The van der Waals surface area contributed by atoms with Crippen molar-refractivity contribution in [2.24, 2.45) is 0 Å². The molecule has 0 saturated carbocycles. The lowest BCUT2D eigenvalue weighted by Crippen LogP contribution is -1.85. The van der Waals surface area contributed by atoms with E-state index in [1.807, 2.05) is 6.07 Å². The van der Waals surface area contributed by atoms with E-state index in [1.165, 1.54) is 12.1 Å². The molecule has 1 aromatic heterocycles. The number of phenolic OH excluding ortho intramolecular Hbond substituents is 3. The molecule has 0 fully saturated rings. The van der Waals surface area contributed by atoms with Crippen LogP contribution in [-0.2, 0) is 0 Å². The van der Waals surface area contributed by atoms with E-state index in [0.717, 1.165) is 28.1 Å². The lowest BCUT2D eigenvalue weighted by Gasteiger charge is -2.08.